The van der Waals surface area contributed by atoms with Crippen LogP contribution in [0.3, 0.4) is 0 Å². The number of halogens is 3. The Bertz CT molecular complexity index is 1790. The van der Waals surface area contributed by atoms with Crippen LogP contribution in [0.5, 0.6) is 0 Å². The molecular formula is C34H36F3N7O2. The largest absolute Gasteiger partial charge is 0.435 e. The number of imidazole rings is 1. The lowest BCUT2D eigenvalue weighted by molar-refractivity contribution is -0.141. The summed E-state index contributed by atoms with van der Waals surface area (Å²) in [5.41, 5.74) is 2.47. The number of aryl methyl sites for hydroxylation is 2. The van der Waals surface area contributed by atoms with Crippen LogP contribution < -0.4 is 0 Å². The van der Waals surface area contributed by atoms with E-state index in [2.05, 4.69) is 21.0 Å². The van der Waals surface area contributed by atoms with E-state index in [1.54, 1.807) is 15.5 Å². The molecule has 1 aliphatic carbocycles. The minimum absolute atomic E-state index is 0.0617. The molecule has 240 valence electrons. The van der Waals surface area contributed by atoms with Gasteiger partial charge in [-0.3, -0.25) is 23.7 Å². The van der Waals surface area contributed by atoms with Gasteiger partial charge >= 0.3 is 6.18 Å². The monoisotopic (exact) mass is 631 g/mol. The molecule has 0 radical (unpaired) electrons. The number of hydrogen-bond acceptors (Lipinski definition) is 5. The fraction of sp³-hybridized carbons (Fsp3) is 0.441. The van der Waals surface area contributed by atoms with Crippen molar-refractivity contribution in [2.75, 3.05) is 26.2 Å². The third-order valence-electron chi connectivity index (χ3n) is 9.04. The van der Waals surface area contributed by atoms with E-state index < -0.39 is 11.9 Å². The zero-order chi connectivity index (χ0) is 32.4. The quantitative estimate of drug-likeness (QED) is 0.243. The first-order valence-electron chi connectivity index (χ1n) is 15.7. The lowest BCUT2D eigenvalue weighted by Crippen LogP contribution is -2.50. The molecule has 0 spiro atoms. The van der Waals surface area contributed by atoms with E-state index in [0.29, 0.717) is 61.8 Å². The van der Waals surface area contributed by atoms with Gasteiger partial charge in [0.1, 0.15) is 0 Å². The molecule has 3 aromatic heterocycles. The number of aromatic nitrogens is 5. The zero-order valence-electron chi connectivity index (χ0n) is 25.8. The summed E-state index contributed by atoms with van der Waals surface area (Å²) in [6.07, 6.45) is 12.4. The van der Waals surface area contributed by atoms with Crippen molar-refractivity contribution in [3.63, 3.8) is 0 Å². The molecule has 0 atom stereocenters. The molecule has 46 heavy (non-hydrogen) atoms. The van der Waals surface area contributed by atoms with Gasteiger partial charge in [0, 0.05) is 69.6 Å². The molecule has 12 heteroatoms. The number of carbonyl (C=O) groups is 2. The van der Waals surface area contributed by atoms with Crippen molar-refractivity contribution in [3.8, 4) is 23.6 Å². The van der Waals surface area contributed by atoms with Crippen molar-refractivity contribution in [1.82, 2.24) is 33.9 Å². The molecule has 1 saturated carbocycles. The number of carbonyl (C=O) groups excluding carboxylic acids is 2. The predicted octanol–water partition coefficient (Wildman–Crippen LogP) is 5.40. The Morgan fingerprint density at radius 2 is 1.80 bits per heavy atom. The fourth-order valence-electron chi connectivity index (χ4n) is 6.60. The van der Waals surface area contributed by atoms with Crippen molar-refractivity contribution in [3.05, 3.63) is 71.1 Å². The maximum atomic E-state index is 13.9. The van der Waals surface area contributed by atoms with E-state index >= 15 is 0 Å². The minimum atomic E-state index is -4.66. The van der Waals surface area contributed by atoms with Gasteiger partial charge in [-0.1, -0.05) is 25.0 Å². The van der Waals surface area contributed by atoms with E-state index in [4.69, 9.17) is 6.42 Å². The Balaban J connectivity index is 1.15. The summed E-state index contributed by atoms with van der Waals surface area (Å²) in [6.45, 7) is 4.15. The van der Waals surface area contributed by atoms with Crippen LogP contribution in [0.1, 0.15) is 71.4 Å². The SMILES string of the molecule is C#CCCn1cc(-c2cnc3c(Cc4ccc(C(=O)N5CCN(C(=O)CC6CCCC6)CC5)c(C)c4)nccn23)c(C(F)(F)F)n1. The average Bonchev–Trinajstić information content (AvgIpc) is 3.80. The Kier molecular flexibility index (Phi) is 8.84. The van der Waals surface area contributed by atoms with Gasteiger partial charge in [-0.2, -0.15) is 18.3 Å². The highest BCUT2D eigenvalue weighted by atomic mass is 19.4. The molecule has 2 amide bonds. The maximum Gasteiger partial charge on any atom is 0.435 e. The smallest absolute Gasteiger partial charge is 0.339 e. The van der Waals surface area contributed by atoms with E-state index in [9.17, 15) is 22.8 Å². The van der Waals surface area contributed by atoms with Crippen LogP contribution in [0.4, 0.5) is 13.2 Å². The summed E-state index contributed by atoms with van der Waals surface area (Å²) in [5.74, 6) is 3.06. The Morgan fingerprint density at radius 1 is 1.07 bits per heavy atom. The number of rotatable bonds is 8. The van der Waals surface area contributed by atoms with Crippen LogP contribution in [0, 0.1) is 25.2 Å². The molecule has 0 bridgehead atoms. The Hall–Kier alpha value is -4.66. The van der Waals surface area contributed by atoms with Crippen LogP contribution in [0.25, 0.3) is 16.9 Å². The first-order valence-corrected chi connectivity index (χ1v) is 15.7. The van der Waals surface area contributed by atoms with Gasteiger partial charge in [0.25, 0.3) is 5.91 Å². The first-order chi connectivity index (χ1) is 22.1. The van der Waals surface area contributed by atoms with Crippen molar-refractivity contribution in [2.45, 2.75) is 64.6 Å². The van der Waals surface area contributed by atoms with Gasteiger partial charge in [-0.25, -0.2) is 4.98 Å². The fourth-order valence-corrected chi connectivity index (χ4v) is 6.60. The van der Waals surface area contributed by atoms with Gasteiger partial charge in [-0.15, -0.1) is 12.3 Å². The normalized spacial score (nSPS) is 15.9. The number of fused-ring (bicyclic) bond motifs is 1. The van der Waals surface area contributed by atoms with E-state index in [1.807, 2.05) is 30.0 Å². The van der Waals surface area contributed by atoms with E-state index in [0.717, 1.165) is 24.0 Å². The van der Waals surface area contributed by atoms with Crippen molar-refractivity contribution in [1.29, 1.82) is 0 Å². The van der Waals surface area contributed by atoms with Crippen LogP contribution in [-0.4, -0.2) is 71.9 Å². The second-order valence-corrected chi connectivity index (χ2v) is 12.2. The summed E-state index contributed by atoms with van der Waals surface area (Å²) in [5, 5.41) is 3.76. The Labute approximate surface area is 265 Å². The number of alkyl halides is 3. The molecule has 4 heterocycles. The lowest BCUT2D eigenvalue weighted by atomic mass is 10.0. The van der Waals surface area contributed by atoms with Crippen molar-refractivity contribution < 1.29 is 22.8 Å². The lowest BCUT2D eigenvalue weighted by Gasteiger charge is -2.35. The molecule has 1 saturated heterocycles. The third-order valence-corrected chi connectivity index (χ3v) is 9.04. The summed E-state index contributed by atoms with van der Waals surface area (Å²) in [7, 11) is 0. The maximum absolute atomic E-state index is 13.9. The van der Waals surface area contributed by atoms with Gasteiger partial charge in [0.15, 0.2) is 11.3 Å². The van der Waals surface area contributed by atoms with Gasteiger partial charge < -0.3 is 9.80 Å². The first kappa shape index (κ1) is 31.3. The second kappa shape index (κ2) is 13.0. The molecular weight excluding hydrogens is 595 g/mol. The van der Waals surface area contributed by atoms with Gasteiger partial charge in [0.05, 0.1) is 29.7 Å². The number of nitrogens with zero attached hydrogens (tertiary/aromatic N) is 7. The zero-order valence-corrected chi connectivity index (χ0v) is 25.8. The third kappa shape index (κ3) is 6.50. The molecule has 0 unspecified atom stereocenters. The molecule has 4 aromatic rings. The van der Waals surface area contributed by atoms with Crippen LogP contribution in [-0.2, 0) is 23.9 Å². The molecule has 1 aromatic carbocycles. The van der Waals surface area contributed by atoms with E-state index in [-0.39, 0.29) is 36.0 Å². The summed E-state index contributed by atoms with van der Waals surface area (Å²) in [4.78, 5) is 38.8. The molecule has 0 N–H and O–H groups in total. The highest BCUT2D eigenvalue weighted by molar-refractivity contribution is 5.96. The van der Waals surface area contributed by atoms with Crippen LogP contribution in [0.2, 0.25) is 0 Å². The molecule has 6 rings (SSSR count). The summed E-state index contributed by atoms with van der Waals surface area (Å²) in [6, 6.07) is 5.61. The molecule has 1 aliphatic heterocycles. The van der Waals surface area contributed by atoms with E-state index in [1.165, 1.54) is 36.1 Å². The average molecular weight is 632 g/mol. The number of piperazine rings is 1. The standard InChI is InChI=1S/C34H36F3N7O2/c1-3-4-12-43-22-27(31(40-43)34(35,36)37)29-21-39-32-28(38-11-13-44(29)32)19-25-9-10-26(23(2)18-25)33(46)42-16-14-41(15-17-42)30(45)20-24-7-5-6-8-24/h1,9-11,13,18,21-22,24H,4-8,12,14-17,19-20H2,2H3. The molecule has 9 nitrogen and oxygen atoms in total. The highest BCUT2D eigenvalue weighted by Crippen LogP contribution is 2.36. The van der Waals surface area contributed by atoms with Gasteiger partial charge in [0.2, 0.25) is 5.91 Å². The highest BCUT2D eigenvalue weighted by Gasteiger charge is 2.38. The predicted molar refractivity (Wildman–Crippen MR) is 166 cm³/mol. The van der Waals surface area contributed by atoms with Crippen molar-refractivity contribution >= 4 is 17.5 Å². The molecule has 2 fully saturated rings. The van der Waals surface area contributed by atoms with Gasteiger partial charge in [-0.05, 0) is 42.9 Å². The number of benzene rings is 1. The summed E-state index contributed by atoms with van der Waals surface area (Å²) >= 11 is 0. The number of terminal acetylenes is 1. The Morgan fingerprint density at radius 3 is 2.50 bits per heavy atom. The second-order valence-electron chi connectivity index (χ2n) is 12.2. The topological polar surface area (TPSA) is 88.6 Å². The van der Waals surface area contributed by atoms with Crippen molar-refractivity contribution in [2.24, 2.45) is 5.92 Å². The minimum Gasteiger partial charge on any atom is -0.339 e. The number of hydrogen-bond donors (Lipinski definition) is 0. The summed E-state index contributed by atoms with van der Waals surface area (Å²) < 4.78 is 44.5. The molecule has 2 aliphatic rings. The van der Waals surface area contributed by atoms with Crippen LogP contribution in [0.15, 0.2) is 43.0 Å². The number of amides is 2. The van der Waals surface area contributed by atoms with Crippen LogP contribution >= 0.6 is 0 Å².